The van der Waals surface area contributed by atoms with E-state index in [0.717, 1.165) is 24.7 Å². The van der Waals surface area contributed by atoms with Gasteiger partial charge in [-0.05, 0) is 18.9 Å². The van der Waals surface area contributed by atoms with Crippen LogP contribution >= 0.6 is 0 Å². The topological polar surface area (TPSA) is 44.8 Å². The number of aldehydes is 1. The molecule has 1 aromatic rings. The Kier molecular flexibility index (Phi) is 5.62. The van der Waals surface area contributed by atoms with Gasteiger partial charge in [0.05, 0.1) is 24.9 Å². The Morgan fingerprint density at radius 2 is 2.00 bits per heavy atom. The van der Waals surface area contributed by atoms with Crippen molar-refractivity contribution in [3.8, 4) is 0 Å². The summed E-state index contributed by atoms with van der Waals surface area (Å²) in [6.45, 7) is 8.80. The second kappa shape index (κ2) is 7.56. The molecule has 0 aromatic heterocycles. The molecule has 2 heterocycles. The van der Waals surface area contributed by atoms with Crippen molar-refractivity contribution in [1.29, 1.82) is 0 Å². The predicted octanol–water partition coefficient (Wildman–Crippen LogP) is 3.97. The molecule has 2 fully saturated rings. The maximum Gasteiger partial charge on any atom is 0.166 e. The van der Waals surface area contributed by atoms with Crippen molar-refractivity contribution in [3.63, 3.8) is 0 Å². The molecule has 0 amide bonds. The van der Waals surface area contributed by atoms with E-state index in [4.69, 9.17) is 14.2 Å². The van der Waals surface area contributed by atoms with Gasteiger partial charge in [0.2, 0.25) is 0 Å². The van der Waals surface area contributed by atoms with E-state index < -0.39 is 5.79 Å². The molecule has 1 aromatic carbocycles. The van der Waals surface area contributed by atoms with Gasteiger partial charge in [-0.2, -0.15) is 0 Å². The zero-order chi connectivity index (χ0) is 18.0. The van der Waals surface area contributed by atoms with E-state index in [0.29, 0.717) is 12.5 Å². The fourth-order valence-corrected chi connectivity index (χ4v) is 4.31. The van der Waals surface area contributed by atoms with Gasteiger partial charge in [0.15, 0.2) is 5.79 Å². The minimum Gasteiger partial charge on any atom is -0.372 e. The van der Waals surface area contributed by atoms with E-state index in [-0.39, 0.29) is 30.1 Å². The van der Waals surface area contributed by atoms with Gasteiger partial charge < -0.3 is 19.0 Å². The van der Waals surface area contributed by atoms with E-state index in [1.807, 2.05) is 44.2 Å². The third-order valence-corrected chi connectivity index (χ3v) is 5.83. The molecule has 4 nitrogen and oxygen atoms in total. The summed E-state index contributed by atoms with van der Waals surface area (Å²) in [6, 6.07) is 10.1. The lowest BCUT2D eigenvalue weighted by Crippen LogP contribution is -2.51. The van der Waals surface area contributed by atoms with Gasteiger partial charge in [-0.15, -0.1) is 0 Å². The Hall–Kier alpha value is -1.23. The highest BCUT2D eigenvalue weighted by Crippen LogP contribution is 2.45. The van der Waals surface area contributed by atoms with Gasteiger partial charge in [0.1, 0.15) is 6.29 Å². The molecule has 4 heteroatoms. The summed E-state index contributed by atoms with van der Waals surface area (Å²) in [4.78, 5) is 11.5. The maximum absolute atomic E-state index is 11.5. The summed E-state index contributed by atoms with van der Waals surface area (Å²) in [7, 11) is 0. The second-order valence-corrected chi connectivity index (χ2v) is 7.89. The SMILES string of the molecule is C[C@@H]([C@@H]1O[C@@]2(C)CC[C@H](O2)[C@H]1C)[C@H](OCc1ccccc1)[C@H](C)C=O. The van der Waals surface area contributed by atoms with Gasteiger partial charge in [0, 0.05) is 24.2 Å². The first-order valence-electron chi connectivity index (χ1n) is 9.40. The minimum atomic E-state index is -0.482. The number of ether oxygens (including phenoxy) is 3. The molecule has 7 atom stereocenters. The summed E-state index contributed by atoms with van der Waals surface area (Å²) >= 11 is 0. The number of carbonyl (C=O) groups is 1. The van der Waals surface area contributed by atoms with Gasteiger partial charge in [-0.3, -0.25) is 0 Å². The van der Waals surface area contributed by atoms with Crippen molar-refractivity contribution in [2.75, 3.05) is 0 Å². The highest BCUT2D eigenvalue weighted by atomic mass is 16.7. The molecule has 0 aliphatic carbocycles. The van der Waals surface area contributed by atoms with Crippen molar-refractivity contribution in [1.82, 2.24) is 0 Å². The zero-order valence-electron chi connectivity index (χ0n) is 15.7. The first kappa shape index (κ1) is 18.6. The third kappa shape index (κ3) is 3.97. The van der Waals surface area contributed by atoms with Crippen LogP contribution in [0.4, 0.5) is 0 Å². The summed E-state index contributed by atoms with van der Waals surface area (Å²) in [5.74, 6) is -0.248. The van der Waals surface area contributed by atoms with Crippen LogP contribution in [0.15, 0.2) is 30.3 Å². The Morgan fingerprint density at radius 3 is 2.68 bits per heavy atom. The lowest BCUT2D eigenvalue weighted by molar-refractivity contribution is -0.309. The molecule has 0 saturated carbocycles. The number of rotatable bonds is 7. The lowest BCUT2D eigenvalue weighted by atomic mass is 9.82. The summed E-state index contributed by atoms with van der Waals surface area (Å²) in [6.07, 6.45) is 3.07. The first-order valence-corrected chi connectivity index (χ1v) is 9.40. The standard InChI is InChI=1S/C21H30O4/c1-14(12-22)19(23-13-17-8-6-5-7-9-17)16(3)20-15(2)18-10-11-21(4,24-18)25-20/h5-9,12,14-16,18-20H,10-11,13H2,1-4H3/t14-,15-,16-,18+,19-,20-,21+/m1/s1. The minimum absolute atomic E-state index is 0.0365. The molecule has 2 bridgehead atoms. The normalized spacial score (nSPS) is 35.1. The van der Waals surface area contributed by atoms with E-state index >= 15 is 0 Å². The van der Waals surface area contributed by atoms with Crippen LogP contribution in [0.2, 0.25) is 0 Å². The number of fused-ring (bicyclic) bond motifs is 2. The van der Waals surface area contributed by atoms with Crippen LogP contribution in [0.3, 0.4) is 0 Å². The van der Waals surface area contributed by atoms with Crippen LogP contribution in [0, 0.1) is 17.8 Å². The van der Waals surface area contributed by atoms with Crippen LogP contribution in [0.1, 0.15) is 46.1 Å². The van der Waals surface area contributed by atoms with Crippen LogP contribution in [-0.4, -0.2) is 30.4 Å². The highest BCUT2D eigenvalue weighted by molar-refractivity contribution is 5.53. The monoisotopic (exact) mass is 346 g/mol. The van der Waals surface area contributed by atoms with Crippen LogP contribution in [0.5, 0.6) is 0 Å². The Morgan fingerprint density at radius 1 is 1.28 bits per heavy atom. The molecule has 2 saturated heterocycles. The van der Waals surface area contributed by atoms with Gasteiger partial charge >= 0.3 is 0 Å². The quantitative estimate of drug-likeness (QED) is 0.701. The third-order valence-electron chi connectivity index (χ3n) is 5.83. The van der Waals surface area contributed by atoms with E-state index in [2.05, 4.69) is 13.8 Å². The molecule has 0 N–H and O–H groups in total. The Balaban J connectivity index is 1.72. The first-order chi connectivity index (χ1) is 11.9. The number of carbonyl (C=O) groups excluding carboxylic acids is 1. The van der Waals surface area contributed by atoms with Gasteiger partial charge in [0.25, 0.3) is 0 Å². The van der Waals surface area contributed by atoms with Crippen molar-refractivity contribution in [3.05, 3.63) is 35.9 Å². The van der Waals surface area contributed by atoms with E-state index in [9.17, 15) is 4.79 Å². The smallest absolute Gasteiger partial charge is 0.166 e. The molecule has 3 rings (SSSR count). The van der Waals surface area contributed by atoms with E-state index in [1.165, 1.54) is 0 Å². The van der Waals surface area contributed by atoms with Crippen LogP contribution in [-0.2, 0) is 25.6 Å². The Bertz CT molecular complexity index is 575. The average molecular weight is 346 g/mol. The van der Waals surface area contributed by atoms with Crippen molar-refractivity contribution < 1.29 is 19.0 Å². The molecular formula is C21H30O4. The number of hydrogen-bond donors (Lipinski definition) is 0. The molecule has 0 unspecified atom stereocenters. The average Bonchev–Trinajstić information content (AvgIpc) is 2.96. The fourth-order valence-electron chi connectivity index (χ4n) is 4.31. The fraction of sp³-hybridized carbons (Fsp3) is 0.667. The zero-order valence-corrected chi connectivity index (χ0v) is 15.7. The number of hydrogen-bond acceptors (Lipinski definition) is 4. The summed E-state index contributed by atoms with van der Waals surface area (Å²) < 4.78 is 18.6. The highest BCUT2D eigenvalue weighted by Gasteiger charge is 2.51. The maximum atomic E-state index is 11.5. The molecule has 2 aliphatic rings. The van der Waals surface area contributed by atoms with Crippen molar-refractivity contribution in [2.45, 2.75) is 71.2 Å². The molecular weight excluding hydrogens is 316 g/mol. The van der Waals surface area contributed by atoms with Crippen LogP contribution in [0.25, 0.3) is 0 Å². The lowest BCUT2D eigenvalue weighted by Gasteiger charge is -2.45. The van der Waals surface area contributed by atoms with Crippen LogP contribution < -0.4 is 0 Å². The second-order valence-electron chi connectivity index (χ2n) is 7.89. The molecule has 138 valence electrons. The molecule has 2 aliphatic heterocycles. The molecule has 0 spiro atoms. The van der Waals surface area contributed by atoms with Crippen molar-refractivity contribution in [2.24, 2.45) is 17.8 Å². The van der Waals surface area contributed by atoms with Gasteiger partial charge in [-0.1, -0.05) is 51.1 Å². The largest absolute Gasteiger partial charge is 0.372 e. The van der Waals surface area contributed by atoms with E-state index in [1.54, 1.807) is 0 Å². The Labute approximate surface area is 150 Å². The predicted molar refractivity (Wildman–Crippen MR) is 96.0 cm³/mol. The summed E-state index contributed by atoms with van der Waals surface area (Å²) in [5.41, 5.74) is 1.12. The molecule has 25 heavy (non-hydrogen) atoms. The van der Waals surface area contributed by atoms with Crippen molar-refractivity contribution >= 4 is 6.29 Å². The molecule has 0 radical (unpaired) electrons. The number of benzene rings is 1. The summed E-state index contributed by atoms with van der Waals surface area (Å²) in [5, 5.41) is 0. The van der Waals surface area contributed by atoms with Gasteiger partial charge in [-0.25, -0.2) is 0 Å².